The zero-order valence-electron chi connectivity index (χ0n) is 13.3. The summed E-state index contributed by atoms with van der Waals surface area (Å²) in [4.78, 5) is 21.6. The predicted octanol–water partition coefficient (Wildman–Crippen LogP) is 4.14. The van der Waals surface area contributed by atoms with Crippen molar-refractivity contribution in [2.24, 2.45) is 0 Å². The van der Waals surface area contributed by atoms with Crippen molar-refractivity contribution in [1.82, 2.24) is 15.3 Å². The highest BCUT2D eigenvalue weighted by molar-refractivity contribution is 7.17. The van der Waals surface area contributed by atoms with E-state index in [1.54, 1.807) is 24.5 Å². The molecule has 0 saturated heterocycles. The fourth-order valence-corrected chi connectivity index (χ4v) is 3.28. The van der Waals surface area contributed by atoms with Crippen LogP contribution in [-0.4, -0.2) is 15.9 Å². The summed E-state index contributed by atoms with van der Waals surface area (Å²) in [5.74, 6) is -0.478. The van der Waals surface area contributed by atoms with Gasteiger partial charge in [0.05, 0.1) is 11.7 Å². The summed E-state index contributed by atoms with van der Waals surface area (Å²) >= 11 is 1.34. The van der Waals surface area contributed by atoms with Crippen LogP contribution in [0.15, 0.2) is 48.8 Å². The van der Waals surface area contributed by atoms with Crippen LogP contribution in [0.25, 0.3) is 10.6 Å². The number of pyridine rings is 1. The Bertz CT molecular complexity index is 846. The molecule has 0 radical (unpaired) electrons. The number of rotatable bonds is 4. The largest absolute Gasteiger partial charge is 0.345 e. The van der Waals surface area contributed by atoms with Gasteiger partial charge in [0.2, 0.25) is 0 Å². The van der Waals surface area contributed by atoms with E-state index in [4.69, 9.17) is 0 Å². The lowest BCUT2D eigenvalue weighted by molar-refractivity contribution is 0.0943. The number of carbonyl (C=O) groups is 1. The van der Waals surface area contributed by atoms with Crippen LogP contribution in [0.2, 0.25) is 0 Å². The molecule has 0 spiro atoms. The number of nitrogens with one attached hydrogen (secondary N) is 1. The van der Waals surface area contributed by atoms with E-state index in [1.807, 2.05) is 26.0 Å². The molecular formula is C18H16FN3OS. The average Bonchev–Trinajstić information content (AvgIpc) is 2.98. The van der Waals surface area contributed by atoms with E-state index in [1.165, 1.54) is 23.5 Å². The molecule has 1 aromatic carbocycles. The summed E-state index contributed by atoms with van der Waals surface area (Å²) in [5.41, 5.74) is 2.42. The highest BCUT2D eigenvalue weighted by atomic mass is 32.1. The predicted molar refractivity (Wildman–Crippen MR) is 92.4 cm³/mol. The Labute approximate surface area is 143 Å². The number of hydrogen-bond donors (Lipinski definition) is 1. The van der Waals surface area contributed by atoms with E-state index in [9.17, 15) is 9.18 Å². The van der Waals surface area contributed by atoms with E-state index >= 15 is 0 Å². The highest BCUT2D eigenvalue weighted by Crippen LogP contribution is 2.27. The normalized spacial score (nSPS) is 12.0. The van der Waals surface area contributed by atoms with Crippen LogP contribution in [-0.2, 0) is 0 Å². The van der Waals surface area contributed by atoms with Crippen LogP contribution >= 0.6 is 11.3 Å². The molecule has 0 aliphatic rings. The van der Waals surface area contributed by atoms with Crippen molar-refractivity contribution in [2.45, 2.75) is 19.9 Å². The third-order valence-electron chi connectivity index (χ3n) is 3.63. The molecular weight excluding hydrogens is 325 g/mol. The lowest BCUT2D eigenvalue weighted by Crippen LogP contribution is -2.26. The summed E-state index contributed by atoms with van der Waals surface area (Å²) in [6, 6.07) is 9.63. The number of halogens is 1. The van der Waals surface area contributed by atoms with Crippen LogP contribution in [0.4, 0.5) is 4.39 Å². The van der Waals surface area contributed by atoms with E-state index in [0.717, 1.165) is 16.1 Å². The van der Waals surface area contributed by atoms with Gasteiger partial charge in [0, 0.05) is 18.0 Å². The van der Waals surface area contributed by atoms with Crippen molar-refractivity contribution in [3.05, 3.63) is 70.7 Å². The Balaban J connectivity index is 1.78. The molecule has 0 aliphatic heterocycles. The van der Waals surface area contributed by atoms with Gasteiger partial charge in [0.1, 0.15) is 15.7 Å². The first kappa shape index (κ1) is 16.3. The number of benzene rings is 1. The van der Waals surface area contributed by atoms with Gasteiger partial charge in [-0.05, 0) is 43.7 Å². The summed E-state index contributed by atoms with van der Waals surface area (Å²) in [7, 11) is 0. The topological polar surface area (TPSA) is 54.9 Å². The van der Waals surface area contributed by atoms with Crippen molar-refractivity contribution in [1.29, 1.82) is 0 Å². The summed E-state index contributed by atoms with van der Waals surface area (Å²) < 4.78 is 13.0. The molecule has 2 heterocycles. The lowest BCUT2D eigenvalue weighted by Gasteiger charge is -2.13. The second-order valence-corrected chi connectivity index (χ2v) is 6.42. The van der Waals surface area contributed by atoms with Gasteiger partial charge >= 0.3 is 0 Å². The number of hydrogen-bond acceptors (Lipinski definition) is 4. The van der Waals surface area contributed by atoms with Gasteiger partial charge in [-0.3, -0.25) is 9.78 Å². The second kappa shape index (κ2) is 6.88. The average molecular weight is 341 g/mol. The Morgan fingerprint density at radius 1 is 1.25 bits per heavy atom. The molecule has 0 fully saturated rings. The smallest absolute Gasteiger partial charge is 0.263 e. The number of amides is 1. The summed E-state index contributed by atoms with van der Waals surface area (Å²) in [6.45, 7) is 3.68. The molecule has 0 unspecified atom stereocenters. The van der Waals surface area contributed by atoms with Crippen LogP contribution in [0.3, 0.4) is 0 Å². The number of thiazole rings is 1. The van der Waals surface area contributed by atoms with E-state index in [2.05, 4.69) is 15.3 Å². The summed E-state index contributed by atoms with van der Waals surface area (Å²) in [5, 5.41) is 3.70. The van der Waals surface area contributed by atoms with Gasteiger partial charge in [0.25, 0.3) is 5.91 Å². The van der Waals surface area contributed by atoms with Crippen LogP contribution in [0.1, 0.15) is 33.9 Å². The molecule has 0 saturated carbocycles. The maximum Gasteiger partial charge on any atom is 0.263 e. The molecule has 6 heteroatoms. The number of aryl methyl sites for hydroxylation is 1. The van der Waals surface area contributed by atoms with Crippen LogP contribution in [0.5, 0.6) is 0 Å². The van der Waals surface area contributed by atoms with Gasteiger partial charge in [0.15, 0.2) is 0 Å². The molecule has 24 heavy (non-hydrogen) atoms. The molecule has 0 bridgehead atoms. The van der Waals surface area contributed by atoms with Gasteiger partial charge in [-0.2, -0.15) is 0 Å². The SMILES string of the molecule is Cc1nc(-c2cccnc2)sc1C(=O)N[C@@H](C)c1ccc(F)cc1. The van der Waals surface area contributed by atoms with Gasteiger partial charge in [-0.1, -0.05) is 12.1 Å². The Hall–Kier alpha value is -2.60. The Morgan fingerprint density at radius 2 is 2.00 bits per heavy atom. The van der Waals surface area contributed by atoms with Crippen LogP contribution < -0.4 is 5.32 Å². The van der Waals surface area contributed by atoms with Gasteiger partial charge < -0.3 is 5.32 Å². The third-order valence-corrected chi connectivity index (χ3v) is 4.83. The molecule has 122 valence electrons. The lowest BCUT2D eigenvalue weighted by atomic mass is 10.1. The highest BCUT2D eigenvalue weighted by Gasteiger charge is 2.18. The quantitative estimate of drug-likeness (QED) is 0.776. The number of aromatic nitrogens is 2. The van der Waals surface area contributed by atoms with E-state index in [0.29, 0.717) is 10.6 Å². The maximum absolute atomic E-state index is 13.0. The zero-order chi connectivity index (χ0) is 17.1. The van der Waals surface area contributed by atoms with Gasteiger partial charge in [-0.15, -0.1) is 11.3 Å². The van der Waals surface area contributed by atoms with Crippen LogP contribution in [0, 0.1) is 12.7 Å². The monoisotopic (exact) mass is 341 g/mol. The molecule has 2 aromatic heterocycles. The molecule has 3 aromatic rings. The minimum atomic E-state index is -0.295. The van der Waals surface area contributed by atoms with Crippen molar-refractivity contribution in [3.8, 4) is 10.6 Å². The second-order valence-electron chi connectivity index (χ2n) is 5.42. The van der Waals surface area contributed by atoms with Gasteiger partial charge in [-0.25, -0.2) is 9.37 Å². The first-order valence-corrected chi connectivity index (χ1v) is 8.30. The first-order chi connectivity index (χ1) is 11.5. The molecule has 1 amide bonds. The van der Waals surface area contributed by atoms with Crippen molar-refractivity contribution in [3.63, 3.8) is 0 Å². The van der Waals surface area contributed by atoms with E-state index < -0.39 is 0 Å². The first-order valence-electron chi connectivity index (χ1n) is 7.49. The fourth-order valence-electron chi connectivity index (χ4n) is 2.32. The standard InChI is InChI=1S/C18H16FN3OS/c1-11(13-5-7-15(19)8-6-13)21-17(23)16-12(2)22-18(24-16)14-4-3-9-20-10-14/h3-11H,1-2H3,(H,21,23)/t11-/m0/s1. The Morgan fingerprint density at radius 3 is 2.67 bits per heavy atom. The molecule has 4 nitrogen and oxygen atoms in total. The maximum atomic E-state index is 13.0. The minimum absolute atomic E-state index is 0.183. The Kier molecular flexibility index (Phi) is 4.66. The van der Waals surface area contributed by atoms with Crippen molar-refractivity contribution >= 4 is 17.2 Å². The number of nitrogens with zero attached hydrogens (tertiary/aromatic N) is 2. The van der Waals surface area contributed by atoms with Crippen molar-refractivity contribution < 1.29 is 9.18 Å². The zero-order valence-corrected chi connectivity index (χ0v) is 14.1. The molecule has 3 rings (SSSR count). The molecule has 1 atom stereocenters. The fraction of sp³-hybridized carbons (Fsp3) is 0.167. The third kappa shape index (κ3) is 3.49. The van der Waals surface area contributed by atoms with E-state index in [-0.39, 0.29) is 17.8 Å². The molecule has 0 aliphatic carbocycles. The summed E-state index contributed by atoms with van der Waals surface area (Å²) in [6.07, 6.45) is 3.42. The number of carbonyl (C=O) groups excluding carboxylic acids is 1. The molecule has 1 N–H and O–H groups in total. The minimum Gasteiger partial charge on any atom is -0.345 e. The van der Waals surface area contributed by atoms with Crippen molar-refractivity contribution in [2.75, 3.05) is 0 Å².